The molecule has 1 aliphatic rings. The summed E-state index contributed by atoms with van der Waals surface area (Å²) in [5.41, 5.74) is 5.13. The number of nitrogens with two attached hydrogens (primary N) is 1. The first-order valence-electron chi connectivity index (χ1n) is 4.48. The fourth-order valence-electron chi connectivity index (χ4n) is 1.55. The van der Waals surface area contributed by atoms with Crippen LogP contribution in [0.15, 0.2) is 0 Å². The van der Waals surface area contributed by atoms with Crippen molar-refractivity contribution in [1.82, 2.24) is 4.90 Å². The SMILES string of the molecule is CC1N(CC(C)(C)S)C(=O)C1(C)N. The van der Waals surface area contributed by atoms with Gasteiger partial charge in [-0.05, 0) is 27.7 Å². The van der Waals surface area contributed by atoms with Gasteiger partial charge in [0.25, 0.3) is 0 Å². The molecule has 0 spiro atoms. The molecular weight excluding hydrogens is 184 g/mol. The lowest BCUT2D eigenvalue weighted by Gasteiger charge is -2.52. The molecule has 0 saturated carbocycles. The summed E-state index contributed by atoms with van der Waals surface area (Å²) in [6, 6.07) is 0.117. The second kappa shape index (κ2) is 2.89. The highest BCUT2D eigenvalue weighted by molar-refractivity contribution is 7.81. The van der Waals surface area contributed by atoms with Gasteiger partial charge in [0, 0.05) is 11.3 Å². The van der Waals surface area contributed by atoms with E-state index < -0.39 is 5.54 Å². The van der Waals surface area contributed by atoms with Crippen molar-refractivity contribution in [3.05, 3.63) is 0 Å². The average Bonchev–Trinajstić information content (AvgIpc) is 1.96. The van der Waals surface area contributed by atoms with Crippen LogP contribution in [0.1, 0.15) is 27.7 Å². The number of nitrogens with zero attached hydrogens (tertiary/aromatic N) is 1. The Balaban J connectivity index is 2.63. The molecule has 1 amide bonds. The second-order valence-corrected chi connectivity index (χ2v) is 5.91. The van der Waals surface area contributed by atoms with Crippen molar-refractivity contribution in [3.8, 4) is 0 Å². The third-order valence-corrected chi connectivity index (χ3v) is 2.76. The van der Waals surface area contributed by atoms with Crippen LogP contribution in [0.3, 0.4) is 0 Å². The molecule has 0 bridgehead atoms. The number of amides is 1. The Kier molecular flexibility index (Phi) is 2.41. The van der Waals surface area contributed by atoms with Crippen LogP contribution in [0.2, 0.25) is 0 Å². The highest BCUT2D eigenvalue weighted by atomic mass is 32.1. The minimum Gasteiger partial charge on any atom is -0.335 e. The Morgan fingerprint density at radius 2 is 2.15 bits per heavy atom. The minimum atomic E-state index is -0.668. The van der Waals surface area contributed by atoms with E-state index in [4.69, 9.17) is 5.73 Å². The summed E-state index contributed by atoms with van der Waals surface area (Å²) in [5.74, 6) is 0.0297. The van der Waals surface area contributed by atoms with E-state index in [0.29, 0.717) is 6.54 Å². The first kappa shape index (κ1) is 10.9. The molecule has 0 radical (unpaired) electrons. The normalized spacial score (nSPS) is 34.8. The number of β-lactam (4-membered cyclic amide) rings is 1. The molecule has 1 heterocycles. The first-order valence-corrected chi connectivity index (χ1v) is 4.93. The van der Waals surface area contributed by atoms with E-state index in [2.05, 4.69) is 12.6 Å². The van der Waals surface area contributed by atoms with Gasteiger partial charge in [0.05, 0.1) is 6.04 Å². The van der Waals surface area contributed by atoms with Crippen LogP contribution >= 0.6 is 12.6 Å². The zero-order valence-electron chi connectivity index (χ0n) is 8.66. The van der Waals surface area contributed by atoms with Crippen molar-refractivity contribution in [2.75, 3.05) is 6.54 Å². The maximum absolute atomic E-state index is 11.5. The van der Waals surface area contributed by atoms with Crippen LogP contribution in [0, 0.1) is 0 Å². The Hall–Kier alpha value is -0.220. The van der Waals surface area contributed by atoms with Gasteiger partial charge >= 0.3 is 0 Å². The van der Waals surface area contributed by atoms with Crippen molar-refractivity contribution in [2.45, 2.75) is 44.0 Å². The van der Waals surface area contributed by atoms with Gasteiger partial charge in [0.1, 0.15) is 5.54 Å². The van der Waals surface area contributed by atoms with E-state index in [0.717, 1.165) is 0 Å². The van der Waals surface area contributed by atoms with E-state index in [1.165, 1.54) is 0 Å². The van der Waals surface area contributed by atoms with E-state index in [9.17, 15) is 4.79 Å². The fraction of sp³-hybridized carbons (Fsp3) is 0.889. The smallest absolute Gasteiger partial charge is 0.244 e. The van der Waals surface area contributed by atoms with Crippen LogP contribution in [-0.4, -0.2) is 33.7 Å². The lowest BCUT2D eigenvalue weighted by atomic mass is 9.82. The monoisotopic (exact) mass is 202 g/mol. The molecule has 1 aliphatic heterocycles. The van der Waals surface area contributed by atoms with E-state index in [1.807, 2.05) is 20.8 Å². The van der Waals surface area contributed by atoms with Crippen molar-refractivity contribution in [2.24, 2.45) is 5.73 Å². The van der Waals surface area contributed by atoms with E-state index in [1.54, 1.807) is 11.8 Å². The predicted molar refractivity (Wildman–Crippen MR) is 56.8 cm³/mol. The maximum atomic E-state index is 11.5. The molecule has 0 aliphatic carbocycles. The second-order valence-electron chi connectivity index (χ2n) is 4.70. The lowest BCUT2D eigenvalue weighted by Crippen LogP contribution is -2.76. The Labute approximate surface area is 85.1 Å². The quantitative estimate of drug-likeness (QED) is 0.510. The standard InChI is InChI=1S/C9H18N2OS/c1-6-9(4,10)7(12)11(6)5-8(2,3)13/h6,13H,5,10H2,1-4H3. The highest BCUT2D eigenvalue weighted by Gasteiger charge is 2.52. The summed E-state index contributed by atoms with van der Waals surface area (Å²) in [5, 5.41) is 0. The number of hydrogen-bond acceptors (Lipinski definition) is 3. The van der Waals surface area contributed by atoms with Crippen molar-refractivity contribution >= 4 is 18.5 Å². The van der Waals surface area contributed by atoms with Crippen molar-refractivity contribution in [3.63, 3.8) is 0 Å². The average molecular weight is 202 g/mol. The molecule has 2 unspecified atom stereocenters. The molecule has 1 saturated heterocycles. The molecule has 13 heavy (non-hydrogen) atoms. The number of thiol groups is 1. The van der Waals surface area contributed by atoms with Gasteiger partial charge in [0.2, 0.25) is 5.91 Å². The summed E-state index contributed by atoms with van der Waals surface area (Å²) < 4.78 is -0.152. The minimum absolute atomic E-state index is 0.0297. The van der Waals surface area contributed by atoms with Gasteiger partial charge in [-0.1, -0.05) is 0 Å². The van der Waals surface area contributed by atoms with Crippen molar-refractivity contribution < 1.29 is 4.79 Å². The third-order valence-electron chi connectivity index (χ3n) is 2.61. The summed E-state index contributed by atoms with van der Waals surface area (Å²) in [4.78, 5) is 13.3. The molecule has 76 valence electrons. The van der Waals surface area contributed by atoms with Crippen LogP contribution in [0.5, 0.6) is 0 Å². The molecule has 0 aromatic heterocycles. The number of carbonyl (C=O) groups is 1. The topological polar surface area (TPSA) is 46.3 Å². The molecule has 2 N–H and O–H groups in total. The van der Waals surface area contributed by atoms with Gasteiger partial charge in [-0.25, -0.2) is 0 Å². The molecular formula is C9H18N2OS. The van der Waals surface area contributed by atoms with Gasteiger partial charge in [-0.3, -0.25) is 4.79 Å². The molecule has 3 nitrogen and oxygen atoms in total. The van der Waals surface area contributed by atoms with Gasteiger partial charge in [0.15, 0.2) is 0 Å². The Morgan fingerprint density at radius 1 is 1.69 bits per heavy atom. The molecule has 0 aromatic carbocycles. The number of hydrogen-bond donors (Lipinski definition) is 2. The Bertz CT molecular complexity index is 232. The lowest BCUT2D eigenvalue weighted by molar-refractivity contribution is -0.157. The summed E-state index contributed by atoms with van der Waals surface area (Å²) in [7, 11) is 0. The summed E-state index contributed by atoms with van der Waals surface area (Å²) in [6.45, 7) is 8.39. The molecule has 0 aromatic rings. The van der Waals surface area contributed by atoms with Crippen LogP contribution in [0.4, 0.5) is 0 Å². The predicted octanol–water partition coefficient (Wildman–Crippen LogP) is 0.643. The Morgan fingerprint density at radius 3 is 2.46 bits per heavy atom. The molecule has 1 fully saturated rings. The van der Waals surface area contributed by atoms with Crippen LogP contribution in [-0.2, 0) is 4.79 Å². The highest BCUT2D eigenvalue weighted by Crippen LogP contribution is 2.30. The maximum Gasteiger partial charge on any atom is 0.244 e. The first-order chi connectivity index (χ1) is 5.66. The van der Waals surface area contributed by atoms with Gasteiger partial charge in [-0.2, -0.15) is 12.6 Å². The zero-order chi connectivity index (χ0) is 10.4. The number of rotatable bonds is 2. The van der Waals surface area contributed by atoms with E-state index >= 15 is 0 Å². The van der Waals surface area contributed by atoms with Gasteiger partial charge < -0.3 is 10.6 Å². The molecule has 4 heteroatoms. The largest absolute Gasteiger partial charge is 0.335 e. The summed E-state index contributed by atoms with van der Waals surface area (Å²) in [6.07, 6.45) is 0. The van der Waals surface area contributed by atoms with Gasteiger partial charge in [-0.15, -0.1) is 0 Å². The molecule has 2 atom stereocenters. The van der Waals surface area contributed by atoms with Crippen LogP contribution < -0.4 is 5.73 Å². The van der Waals surface area contributed by atoms with Crippen LogP contribution in [0.25, 0.3) is 0 Å². The van der Waals surface area contributed by atoms with E-state index in [-0.39, 0.29) is 16.7 Å². The number of likely N-dealkylation sites (tertiary alicyclic amines) is 1. The zero-order valence-corrected chi connectivity index (χ0v) is 9.56. The number of carbonyl (C=O) groups excluding carboxylic acids is 1. The molecule has 1 rings (SSSR count). The fourth-order valence-corrected chi connectivity index (χ4v) is 1.70. The third kappa shape index (κ3) is 1.83. The summed E-state index contributed by atoms with van der Waals surface area (Å²) >= 11 is 4.39. The van der Waals surface area contributed by atoms with Crippen molar-refractivity contribution in [1.29, 1.82) is 0 Å².